The lowest BCUT2D eigenvalue weighted by atomic mass is 9.94. The van der Waals surface area contributed by atoms with Gasteiger partial charge in [0.2, 0.25) is 0 Å². The highest BCUT2D eigenvalue weighted by Gasteiger charge is 2.90. The summed E-state index contributed by atoms with van der Waals surface area (Å²) in [7, 11) is 0. The second kappa shape index (κ2) is 10.3. The van der Waals surface area contributed by atoms with Gasteiger partial charge in [0, 0.05) is 0 Å². The third-order valence-electron chi connectivity index (χ3n) is 4.45. The van der Waals surface area contributed by atoms with Crippen molar-refractivity contribution < 1.29 is 84.6 Å². The normalized spacial score (nSPS) is 14.6. The van der Waals surface area contributed by atoms with Gasteiger partial charge in [-0.25, -0.2) is 0 Å². The molecule has 3 nitrogen and oxygen atoms in total. The minimum Gasteiger partial charge on any atom is -0.459 e. The third-order valence-corrected chi connectivity index (χ3v) is 4.45. The average Bonchev–Trinajstić information content (AvgIpc) is 2.74. The van der Waals surface area contributed by atoms with Gasteiger partial charge in [-0.15, -0.1) is 0 Å². The Morgan fingerprint density at radius 1 is 0.684 bits per heavy atom. The number of hydrogen-bond acceptors (Lipinski definition) is 3. The van der Waals surface area contributed by atoms with E-state index in [1.807, 2.05) is 0 Å². The van der Waals surface area contributed by atoms with Gasteiger partial charge in [-0.05, 0) is 17.7 Å². The first-order valence-electron chi connectivity index (χ1n) is 9.22. The topological polar surface area (TPSA) is 43.4 Å². The minimum absolute atomic E-state index is 0.256. The molecule has 0 aliphatic rings. The summed E-state index contributed by atoms with van der Waals surface area (Å²) >= 11 is 0. The van der Waals surface area contributed by atoms with Gasteiger partial charge in [-0.3, -0.25) is 9.59 Å². The molecule has 0 heterocycles. The molecule has 0 atom stereocenters. The first-order chi connectivity index (χ1) is 16.7. The van der Waals surface area contributed by atoms with Crippen LogP contribution in [0.2, 0.25) is 0 Å². The molecule has 0 fully saturated rings. The van der Waals surface area contributed by atoms with Gasteiger partial charge < -0.3 is 4.74 Å². The molecule has 0 aliphatic carbocycles. The van der Waals surface area contributed by atoms with Gasteiger partial charge in [0.25, 0.3) is 0 Å². The average molecular weight is 590 g/mol. The Morgan fingerprint density at radius 2 is 1.16 bits per heavy atom. The smallest absolute Gasteiger partial charge is 0.459 e. The van der Waals surface area contributed by atoms with E-state index in [4.69, 9.17) is 0 Å². The fourth-order valence-electron chi connectivity index (χ4n) is 2.40. The molecule has 0 radical (unpaired) electrons. The molecule has 0 N–H and O–H groups in total. The highest BCUT2D eigenvalue weighted by atomic mass is 19.4. The lowest BCUT2D eigenvalue weighted by molar-refractivity contribution is -0.441. The maximum Gasteiger partial charge on any atom is 0.460 e. The van der Waals surface area contributed by atoms with Crippen molar-refractivity contribution >= 4 is 17.8 Å². The zero-order chi connectivity index (χ0) is 30.2. The van der Waals surface area contributed by atoms with E-state index in [2.05, 4.69) is 4.74 Å². The van der Waals surface area contributed by atoms with E-state index in [9.17, 15) is 79.8 Å². The van der Waals surface area contributed by atoms with Crippen molar-refractivity contribution in [2.24, 2.45) is 0 Å². The fourth-order valence-corrected chi connectivity index (χ4v) is 2.40. The Morgan fingerprint density at radius 3 is 1.63 bits per heavy atom. The molecule has 19 heteroatoms. The number of ketones is 1. The summed E-state index contributed by atoms with van der Waals surface area (Å²) in [5.74, 6) is -42.4. The summed E-state index contributed by atoms with van der Waals surface area (Å²) in [4.78, 5) is 23.0. The lowest BCUT2D eigenvalue weighted by Crippen LogP contribution is -2.70. The Balaban J connectivity index is 3.01. The van der Waals surface area contributed by atoms with E-state index in [1.165, 1.54) is 0 Å². The molecule has 0 saturated heterocycles. The summed E-state index contributed by atoms with van der Waals surface area (Å²) in [5.41, 5.74) is -1.92. The first-order valence-corrected chi connectivity index (χ1v) is 9.22. The van der Waals surface area contributed by atoms with E-state index in [-0.39, 0.29) is 6.08 Å². The molecule has 1 rings (SSSR count). The maximum absolute atomic E-state index is 13.6. The SMILES string of the molecule is O=C(C=Cc1ccccc1C(F)(F)F)CC(=O)OCC(F)(F)C(F)(F)C(F)(F)C(F)(F)C(F)(F)C(F)(F)F. The monoisotopic (exact) mass is 590 g/mol. The van der Waals surface area contributed by atoms with Crippen LogP contribution < -0.4 is 0 Å². The van der Waals surface area contributed by atoms with Crippen molar-refractivity contribution in [3.63, 3.8) is 0 Å². The number of benzene rings is 1. The van der Waals surface area contributed by atoms with E-state index < -0.39 is 77.9 Å². The summed E-state index contributed by atoms with van der Waals surface area (Å²) in [5, 5.41) is 0. The molecule has 38 heavy (non-hydrogen) atoms. The third kappa shape index (κ3) is 6.16. The zero-order valence-corrected chi connectivity index (χ0v) is 17.7. The van der Waals surface area contributed by atoms with Crippen LogP contribution in [0.5, 0.6) is 0 Å². The fraction of sp³-hybridized carbons (Fsp3) is 0.474. The number of alkyl halides is 16. The minimum atomic E-state index is -8.14. The molecule has 0 bridgehead atoms. The number of carbonyl (C=O) groups is 2. The summed E-state index contributed by atoms with van der Waals surface area (Å²) in [6.45, 7) is -3.31. The Hall–Kier alpha value is -3.02. The zero-order valence-electron chi connectivity index (χ0n) is 17.7. The second-order valence-electron chi connectivity index (χ2n) is 7.22. The van der Waals surface area contributed by atoms with Crippen molar-refractivity contribution in [3.8, 4) is 0 Å². The number of halogens is 16. The van der Waals surface area contributed by atoms with Gasteiger partial charge in [0.1, 0.15) is 6.42 Å². The molecule has 0 aliphatic heterocycles. The summed E-state index contributed by atoms with van der Waals surface area (Å²) in [6.07, 6.45) is -13.5. The van der Waals surface area contributed by atoms with Crippen LogP contribution >= 0.6 is 0 Å². The van der Waals surface area contributed by atoms with Gasteiger partial charge in [-0.2, -0.15) is 70.2 Å². The van der Waals surface area contributed by atoms with Crippen molar-refractivity contribution in [2.45, 2.75) is 48.4 Å². The van der Waals surface area contributed by atoms with Crippen LogP contribution in [0, 0.1) is 0 Å². The molecule has 0 spiro atoms. The van der Waals surface area contributed by atoms with E-state index in [1.54, 1.807) is 0 Å². The Labute approximate surface area is 200 Å². The van der Waals surface area contributed by atoms with E-state index >= 15 is 0 Å². The molecule has 1 aromatic carbocycles. The molecule has 0 amide bonds. The lowest BCUT2D eigenvalue weighted by Gasteiger charge is -2.39. The van der Waals surface area contributed by atoms with Crippen molar-refractivity contribution in [1.29, 1.82) is 0 Å². The molecule has 1 aromatic rings. The van der Waals surface area contributed by atoms with Gasteiger partial charge in [-0.1, -0.05) is 24.3 Å². The van der Waals surface area contributed by atoms with Gasteiger partial charge in [0.15, 0.2) is 12.4 Å². The molecule has 0 unspecified atom stereocenters. The number of ether oxygens (including phenoxy) is 1. The largest absolute Gasteiger partial charge is 0.460 e. The summed E-state index contributed by atoms with van der Waals surface area (Å²) in [6, 6.07) is 3.45. The van der Waals surface area contributed by atoms with Crippen LogP contribution in [0.1, 0.15) is 17.5 Å². The number of carbonyl (C=O) groups excluding carboxylic acids is 2. The van der Waals surface area contributed by atoms with E-state index in [0.29, 0.717) is 12.1 Å². The van der Waals surface area contributed by atoms with Crippen LogP contribution in [0.25, 0.3) is 6.08 Å². The highest BCUT2D eigenvalue weighted by molar-refractivity contribution is 6.04. The van der Waals surface area contributed by atoms with E-state index in [0.717, 1.165) is 18.2 Å². The predicted octanol–water partition coefficient (Wildman–Crippen LogP) is 6.96. The van der Waals surface area contributed by atoms with Crippen LogP contribution in [0.15, 0.2) is 30.3 Å². The highest BCUT2D eigenvalue weighted by Crippen LogP contribution is 2.60. The molecular weight excluding hydrogens is 580 g/mol. The van der Waals surface area contributed by atoms with Crippen LogP contribution in [-0.4, -0.2) is 54.1 Å². The van der Waals surface area contributed by atoms with Crippen LogP contribution in [0.3, 0.4) is 0 Å². The van der Waals surface area contributed by atoms with Crippen molar-refractivity contribution in [3.05, 3.63) is 41.5 Å². The Bertz CT molecular complexity index is 1050. The molecule has 216 valence electrons. The second-order valence-corrected chi connectivity index (χ2v) is 7.22. The first kappa shape index (κ1) is 33.0. The number of allylic oxidation sites excluding steroid dienone is 1. The van der Waals surface area contributed by atoms with Gasteiger partial charge in [0.05, 0.1) is 5.56 Å². The molecule has 0 aromatic heterocycles. The van der Waals surface area contributed by atoms with Crippen molar-refractivity contribution in [1.82, 2.24) is 0 Å². The van der Waals surface area contributed by atoms with Crippen LogP contribution in [-0.2, 0) is 20.5 Å². The van der Waals surface area contributed by atoms with Crippen LogP contribution in [0.4, 0.5) is 70.2 Å². The number of rotatable bonds is 10. The quantitative estimate of drug-likeness (QED) is 0.128. The number of esters is 1. The number of hydrogen-bond donors (Lipinski definition) is 0. The maximum atomic E-state index is 13.6. The van der Waals surface area contributed by atoms with Gasteiger partial charge >= 0.3 is 47.9 Å². The summed E-state index contributed by atoms with van der Waals surface area (Å²) < 4.78 is 211. The molecular formula is C19H10F16O3. The molecule has 0 saturated carbocycles. The standard InChI is InChI=1S/C19H10F16O3/c20-13(21,15(25,26)16(27,28)17(29,30)18(31,32)19(33,34)35)8-38-12(37)7-10(36)6-5-9-3-1-2-4-11(9)14(22,23)24/h1-6H,7-8H2. The van der Waals surface area contributed by atoms with Crippen molar-refractivity contribution in [2.75, 3.05) is 6.61 Å². The Kier molecular flexibility index (Phi) is 8.92. The predicted molar refractivity (Wildman–Crippen MR) is 91.9 cm³/mol.